The third-order valence-electron chi connectivity index (χ3n) is 5.44. The molecule has 1 aromatic rings. The Balaban J connectivity index is 1.78. The van der Waals surface area contributed by atoms with Crippen molar-refractivity contribution in [2.45, 2.75) is 38.0 Å². The molecule has 1 aromatic carbocycles. The van der Waals surface area contributed by atoms with Crippen molar-refractivity contribution in [2.24, 2.45) is 11.8 Å². The monoisotopic (exact) mass is 349 g/mol. The largest absolute Gasteiger partial charge is 0.342 e. The molecule has 1 aliphatic heterocycles. The molecule has 0 spiro atoms. The minimum atomic E-state index is -3.08. The molecule has 1 heterocycles. The molecule has 3 atom stereocenters. The van der Waals surface area contributed by atoms with Crippen LogP contribution in [0.1, 0.15) is 43.6 Å². The van der Waals surface area contributed by atoms with Gasteiger partial charge in [-0.1, -0.05) is 36.8 Å². The zero-order valence-corrected chi connectivity index (χ0v) is 15.2. The average Bonchev–Trinajstić information content (AvgIpc) is 2.54. The molecule has 4 nitrogen and oxygen atoms in total. The quantitative estimate of drug-likeness (QED) is 0.821. The molecule has 132 valence electrons. The summed E-state index contributed by atoms with van der Waals surface area (Å²) in [5.41, 5.74) is 0.932. The standard InChI is InChI=1S/C19H27NO3S/c1-24(22,23)11-10-18(17-8-3-2-4-9-17)19(21)20-13-15-6-5-7-16(12-15)14-20/h2-4,8-9,15-16,18H,5-7,10-14H2,1H3. The minimum absolute atomic E-state index is 0.0546. The number of nitrogens with zero attached hydrogens (tertiary/aromatic N) is 1. The highest BCUT2D eigenvalue weighted by molar-refractivity contribution is 7.90. The van der Waals surface area contributed by atoms with E-state index in [0.29, 0.717) is 18.3 Å². The summed E-state index contributed by atoms with van der Waals surface area (Å²) in [6, 6.07) is 9.64. The smallest absolute Gasteiger partial charge is 0.230 e. The highest BCUT2D eigenvalue weighted by Crippen LogP contribution is 2.36. The maximum atomic E-state index is 13.2. The summed E-state index contributed by atoms with van der Waals surface area (Å²) < 4.78 is 23.2. The van der Waals surface area contributed by atoms with Gasteiger partial charge in [0.2, 0.25) is 5.91 Å². The van der Waals surface area contributed by atoms with Gasteiger partial charge in [-0.2, -0.15) is 0 Å². The van der Waals surface area contributed by atoms with Crippen LogP contribution in [0, 0.1) is 11.8 Å². The molecule has 1 saturated carbocycles. The van der Waals surface area contributed by atoms with E-state index < -0.39 is 9.84 Å². The van der Waals surface area contributed by atoms with Gasteiger partial charge in [-0.3, -0.25) is 4.79 Å². The number of rotatable bonds is 5. The number of piperidine rings is 1. The van der Waals surface area contributed by atoms with Gasteiger partial charge in [-0.05, 0) is 43.1 Å². The van der Waals surface area contributed by atoms with Gasteiger partial charge in [0, 0.05) is 19.3 Å². The molecule has 1 aliphatic carbocycles. The summed E-state index contributed by atoms with van der Waals surface area (Å²) in [7, 11) is -3.08. The first-order chi connectivity index (χ1) is 11.4. The van der Waals surface area contributed by atoms with Crippen molar-refractivity contribution in [1.82, 2.24) is 4.90 Å². The predicted octanol–water partition coefficient (Wildman–Crippen LogP) is 2.85. The van der Waals surface area contributed by atoms with Crippen molar-refractivity contribution in [2.75, 3.05) is 25.1 Å². The van der Waals surface area contributed by atoms with Gasteiger partial charge >= 0.3 is 0 Å². The van der Waals surface area contributed by atoms with E-state index in [1.54, 1.807) is 0 Å². The van der Waals surface area contributed by atoms with Crippen molar-refractivity contribution >= 4 is 15.7 Å². The average molecular weight is 349 g/mol. The number of carbonyl (C=O) groups is 1. The number of hydrogen-bond acceptors (Lipinski definition) is 3. The fourth-order valence-corrected chi connectivity index (χ4v) is 4.95. The second-order valence-corrected chi connectivity index (χ2v) is 9.78. The van der Waals surface area contributed by atoms with E-state index >= 15 is 0 Å². The van der Waals surface area contributed by atoms with E-state index in [1.165, 1.54) is 31.9 Å². The lowest BCUT2D eigenvalue weighted by atomic mass is 9.77. The Morgan fingerprint density at radius 3 is 2.38 bits per heavy atom. The first-order valence-corrected chi connectivity index (χ1v) is 11.0. The molecule has 0 N–H and O–H groups in total. The predicted molar refractivity (Wildman–Crippen MR) is 95.5 cm³/mol. The molecule has 2 aliphatic rings. The fourth-order valence-electron chi connectivity index (χ4n) is 4.28. The molecule has 3 rings (SSSR count). The molecule has 0 aromatic heterocycles. The van der Waals surface area contributed by atoms with Crippen LogP contribution < -0.4 is 0 Å². The van der Waals surface area contributed by atoms with Crippen LogP contribution in [0.15, 0.2) is 30.3 Å². The lowest BCUT2D eigenvalue weighted by Crippen LogP contribution is -2.47. The molecule has 5 heteroatoms. The molecule has 2 bridgehead atoms. The summed E-state index contributed by atoms with van der Waals surface area (Å²) in [6.45, 7) is 1.69. The van der Waals surface area contributed by atoms with Crippen LogP contribution in [0.5, 0.6) is 0 Å². The topological polar surface area (TPSA) is 54.5 Å². The first kappa shape index (κ1) is 17.5. The molecular weight excluding hydrogens is 322 g/mol. The number of likely N-dealkylation sites (tertiary alicyclic amines) is 1. The fraction of sp³-hybridized carbons (Fsp3) is 0.632. The molecule has 2 fully saturated rings. The highest BCUT2D eigenvalue weighted by atomic mass is 32.2. The van der Waals surface area contributed by atoms with Crippen LogP contribution in [0.3, 0.4) is 0 Å². The lowest BCUT2D eigenvalue weighted by molar-refractivity contribution is -0.136. The summed E-state index contributed by atoms with van der Waals surface area (Å²) in [5, 5.41) is 0. The summed E-state index contributed by atoms with van der Waals surface area (Å²) in [4.78, 5) is 15.2. The summed E-state index contributed by atoms with van der Waals surface area (Å²) in [6.07, 6.45) is 6.59. The Hall–Kier alpha value is -1.36. The van der Waals surface area contributed by atoms with E-state index in [-0.39, 0.29) is 17.6 Å². The number of carbonyl (C=O) groups excluding carboxylic acids is 1. The number of amides is 1. The third kappa shape index (κ3) is 4.38. The molecular formula is C19H27NO3S. The van der Waals surface area contributed by atoms with Gasteiger partial charge in [0.05, 0.1) is 11.7 Å². The van der Waals surface area contributed by atoms with E-state index in [4.69, 9.17) is 0 Å². The van der Waals surface area contributed by atoms with Crippen molar-refractivity contribution in [3.63, 3.8) is 0 Å². The molecule has 3 unspecified atom stereocenters. The maximum Gasteiger partial charge on any atom is 0.230 e. The summed E-state index contributed by atoms with van der Waals surface area (Å²) >= 11 is 0. The van der Waals surface area contributed by atoms with Gasteiger partial charge < -0.3 is 4.90 Å². The minimum Gasteiger partial charge on any atom is -0.342 e. The number of sulfone groups is 1. The number of benzene rings is 1. The van der Waals surface area contributed by atoms with Gasteiger partial charge in [0.25, 0.3) is 0 Å². The van der Waals surface area contributed by atoms with Crippen molar-refractivity contribution < 1.29 is 13.2 Å². The zero-order chi connectivity index (χ0) is 17.2. The van der Waals surface area contributed by atoms with Gasteiger partial charge in [-0.25, -0.2) is 8.42 Å². The Kier molecular flexibility index (Phi) is 5.28. The van der Waals surface area contributed by atoms with E-state index in [9.17, 15) is 13.2 Å². The van der Waals surface area contributed by atoms with E-state index in [0.717, 1.165) is 18.7 Å². The van der Waals surface area contributed by atoms with Crippen LogP contribution in [0.4, 0.5) is 0 Å². The van der Waals surface area contributed by atoms with Crippen molar-refractivity contribution in [3.8, 4) is 0 Å². The van der Waals surface area contributed by atoms with Gasteiger partial charge in [0.1, 0.15) is 9.84 Å². The Bertz CT molecular complexity index is 659. The Morgan fingerprint density at radius 1 is 1.17 bits per heavy atom. The first-order valence-electron chi connectivity index (χ1n) is 8.94. The second kappa shape index (κ2) is 7.26. The second-order valence-electron chi connectivity index (χ2n) is 7.52. The molecule has 1 saturated heterocycles. The lowest BCUT2D eigenvalue weighted by Gasteiger charge is -2.42. The molecule has 1 amide bonds. The zero-order valence-electron chi connectivity index (χ0n) is 14.4. The van der Waals surface area contributed by atoms with Crippen LogP contribution in [0.2, 0.25) is 0 Å². The van der Waals surface area contributed by atoms with Crippen LogP contribution in [-0.4, -0.2) is 44.3 Å². The Labute approximate surface area is 145 Å². The SMILES string of the molecule is CS(=O)(=O)CCC(C(=O)N1CC2CCCC(C2)C1)c1ccccc1. The third-order valence-corrected chi connectivity index (χ3v) is 6.41. The number of fused-ring (bicyclic) bond motifs is 2. The van der Waals surface area contributed by atoms with Crippen molar-refractivity contribution in [3.05, 3.63) is 35.9 Å². The molecule has 24 heavy (non-hydrogen) atoms. The van der Waals surface area contributed by atoms with Crippen LogP contribution in [-0.2, 0) is 14.6 Å². The van der Waals surface area contributed by atoms with Crippen LogP contribution in [0.25, 0.3) is 0 Å². The van der Waals surface area contributed by atoms with Gasteiger partial charge in [0.15, 0.2) is 0 Å². The summed E-state index contributed by atoms with van der Waals surface area (Å²) in [5.74, 6) is 1.08. The Morgan fingerprint density at radius 2 is 1.79 bits per heavy atom. The van der Waals surface area contributed by atoms with Gasteiger partial charge in [-0.15, -0.1) is 0 Å². The van der Waals surface area contributed by atoms with E-state index in [1.807, 2.05) is 35.2 Å². The van der Waals surface area contributed by atoms with Crippen LogP contribution >= 0.6 is 0 Å². The highest BCUT2D eigenvalue weighted by Gasteiger charge is 2.35. The van der Waals surface area contributed by atoms with E-state index in [2.05, 4.69) is 0 Å². The molecule has 0 radical (unpaired) electrons. The maximum absolute atomic E-state index is 13.2. The van der Waals surface area contributed by atoms with Crippen molar-refractivity contribution in [1.29, 1.82) is 0 Å². The number of hydrogen-bond donors (Lipinski definition) is 0. The normalized spacial score (nSPS) is 25.3.